The van der Waals surface area contributed by atoms with Crippen LogP contribution < -0.4 is 5.32 Å². The summed E-state index contributed by atoms with van der Waals surface area (Å²) in [5.41, 5.74) is 1.81. The van der Waals surface area contributed by atoms with Gasteiger partial charge in [-0.25, -0.2) is 0 Å². The van der Waals surface area contributed by atoms with Gasteiger partial charge in [-0.2, -0.15) is 0 Å². The van der Waals surface area contributed by atoms with Crippen molar-refractivity contribution in [3.8, 4) is 0 Å². The minimum atomic E-state index is -0.306. The molecule has 2 heterocycles. The fourth-order valence-corrected chi connectivity index (χ4v) is 5.02. The van der Waals surface area contributed by atoms with Gasteiger partial charge in [-0.05, 0) is 31.9 Å². The first kappa shape index (κ1) is 21.0. The van der Waals surface area contributed by atoms with Crippen LogP contribution in [0.25, 0.3) is 0 Å². The van der Waals surface area contributed by atoms with Crippen molar-refractivity contribution >= 4 is 17.7 Å². The Morgan fingerprint density at radius 1 is 1.07 bits per heavy atom. The van der Waals surface area contributed by atoms with Gasteiger partial charge in [0.15, 0.2) is 0 Å². The first-order valence-corrected chi connectivity index (χ1v) is 11.1. The molecule has 1 aliphatic carbocycles. The van der Waals surface area contributed by atoms with Crippen molar-refractivity contribution in [2.75, 3.05) is 39.4 Å². The van der Waals surface area contributed by atoms with Crippen LogP contribution in [0.5, 0.6) is 0 Å². The molecule has 1 N–H and O–H groups in total. The Kier molecular flexibility index (Phi) is 6.20. The number of rotatable bonds is 6. The molecule has 7 nitrogen and oxygen atoms in total. The van der Waals surface area contributed by atoms with Gasteiger partial charge in [0.2, 0.25) is 5.91 Å². The Labute approximate surface area is 177 Å². The van der Waals surface area contributed by atoms with Gasteiger partial charge < -0.3 is 10.1 Å². The van der Waals surface area contributed by atoms with E-state index in [1.807, 2.05) is 13.0 Å². The molecule has 0 unspecified atom stereocenters. The van der Waals surface area contributed by atoms with Crippen LogP contribution in [0, 0.1) is 6.92 Å². The molecule has 7 heteroatoms. The summed E-state index contributed by atoms with van der Waals surface area (Å²) >= 11 is 0. The number of carbonyl (C=O) groups is 3. The number of ether oxygens (including phenoxy) is 1. The molecule has 0 bridgehead atoms. The summed E-state index contributed by atoms with van der Waals surface area (Å²) in [5.74, 6) is -0.718. The zero-order chi connectivity index (χ0) is 21.1. The maximum Gasteiger partial charge on any atom is 0.261 e. The lowest BCUT2D eigenvalue weighted by Gasteiger charge is -2.48. The third-order valence-corrected chi connectivity index (χ3v) is 6.77. The van der Waals surface area contributed by atoms with Gasteiger partial charge in [0.05, 0.1) is 24.3 Å². The molecule has 2 aliphatic heterocycles. The smallest absolute Gasteiger partial charge is 0.261 e. The average molecular weight is 414 g/mol. The van der Waals surface area contributed by atoms with E-state index in [1.54, 1.807) is 12.1 Å². The van der Waals surface area contributed by atoms with Crippen molar-refractivity contribution in [1.82, 2.24) is 15.1 Å². The Morgan fingerprint density at radius 2 is 1.77 bits per heavy atom. The topological polar surface area (TPSA) is 79.0 Å². The molecular weight excluding hydrogens is 382 g/mol. The maximum atomic E-state index is 12.6. The summed E-state index contributed by atoms with van der Waals surface area (Å²) in [6.45, 7) is 5.93. The third-order valence-electron chi connectivity index (χ3n) is 6.77. The van der Waals surface area contributed by atoms with Crippen molar-refractivity contribution < 1.29 is 19.1 Å². The molecule has 0 radical (unpaired) electrons. The SMILES string of the molecule is Cc1ccc2c(c1)C(=O)N(CCC(=O)NCC1(N3CCOCC3)CCCCC1)C2=O. The molecule has 0 aromatic heterocycles. The van der Waals surface area contributed by atoms with Gasteiger partial charge in [-0.15, -0.1) is 0 Å². The minimum Gasteiger partial charge on any atom is -0.379 e. The van der Waals surface area contributed by atoms with Gasteiger partial charge in [-0.3, -0.25) is 24.2 Å². The van der Waals surface area contributed by atoms with Crippen LogP contribution in [-0.4, -0.2) is 72.5 Å². The van der Waals surface area contributed by atoms with E-state index in [0.717, 1.165) is 44.7 Å². The number of nitrogens with one attached hydrogen (secondary N) is 1. The number of carbonyl (C=O) groups excluding carboxylic acids is 3. The molecular formula is C23H31N3O4. The van der Waals surface area contributed by atoms with Gasteiger partial charge in [0.1, 0.15) is 0 Å². The summed E-state index contributed by atoms with van der Waals surface area (Å²) in [6.07, 6.45) is 5.92. The molecule has 162 valence electrons. The summed E-state index contributed by atoms with van der Waals surface area (Å²) in [5, 5.41) is 3.10. The van der Waals surface area contributed by atoms with Crippen molar-refractivity contribution in [2.45, 2.75) is 51.0 Å². The summed E-state index contributed by atoms with van der Waals surface area (Å²) in [7, 11) is 0. The van der Waals surface area contributed by atoms with Crippen molar-refractivity contribution in [1.29, 1.82) is 0 Å². The highest BCUT2D eigenvalue weighted by Crippen LogP contribution is 2.34. The van der Waals surface area contributed by atoms with Crippen molar-refractivity contribution in [3.05, 3.63) is 34.9 Å². The minimum absolute atomic E-state index is 0.00470. The molecule has 4 rings (SSSR count). The standard InChI is InChI=1S/C23H31N3O4/c1-17-5-6-18-19(15-17)22(29)26(21(18)28)10-7-20(27)24-16-23(8-3-2-4-9-23)25-11-13-30-14-12-25/h5-6,15H,2-4,7-14,16H2,1H3,(H,24,27). The van der Waals surface area contributed by atoms with E-state index >= 15 is 0 Å². The number of hydrogen-bond donors (Lipinski definition) is 1. The van der Waals surface area contributed by atoms with Crippen LogP contribution in [-0.2, 0) is 9.53 Å². The lowest BCUT2D eigenvalue weighted by Crippen LogP contribution is -2.59. The highest BCUT2D eigenvalue weighted by atomic mass is 16.5. The van der Waals surface area contributed by atoms with E-state index in [1.165, 1.54) is 24.2 Å². The molecule has 0 atom stereocenters. The highest BCUT2D eigenvalue weighted by molar-refractivity contribution is 6.21. The Hall–Kier alpha value is -2.25. The lowest BCUT2D eigenvalue weighted by molar-refractivity contribution is -0.122. The van der Waals surface area contributed by atoms with E-state index in [2.05, 4.69) is 10.2 Å². The summed E-state index contributed by atoms with van der Waals surface area (Å²) in [6, 6.07) is 5.26. The van der Waals surface area contributed by atoms with Crippen LogP contribution in [0.15, 0.2) is 18.2 Å². The molecule has 1 aromatic carbocycles. The lowest BCUT2D eigenvalue weighted by atomic mass is 9.79. The molecule has 1 saturated carbocycles. The second-order valence-electron chi connectivity index (χ2n) is 8.72. The second-order valence-corrected chi connectivity index (χ2v) is 8.72. The molecule has 3 aliphatic rings. The Bertz CT molecular complexity index is 826. The fraction of sp³-hybridized carbons (Fsp3) is 0.609. The van der Waals surface area contributed by atoms with Gasteiger partial charge in [-0.1, -0.05) is 30.9 Å². The number of amides is 3. The number of nitrogens with zero attached hydrogens (tertiary/aromatic N) is 2. The average Bonchev–Trinajstić information content (AvgIpc) is 3.01. The van der Waals surface area contributed by atoms with E-state index in [9.17, 15) is 14.4 Å². The molecule has 30 heavy (non-hydrogen) atoms. The van der Waals surface area contributed by atoms with Crippen LogP contribution in [0.1, 0.15) is 64.8 Å². The van der Waals surface area contributed by atoms with Crippen LogP contribution >= 0.6 is 0 Å². The molecule has 0 spiro atoms. The molecule has 1 aromatic rings. The van der Waals surface area contributed by atoms with Crippen LogP contribution in [0.4, 0.5) is 0 Å². The predicted molar refractivity (Wildman–Crippen MR) is 112 cm³/mol. The summed E-state index contributed by atoms with van der Waals surface area (Å²) in [4.78, 5) is 41.4. The van der Waals surface area contributed by atoms with Crippen molar-refractivity contribution in [3.63, 3.8) is 0 Å². The molecule has 3 amide bonds. The largest absolute Gasteiger partial charge is 0.379 e. The number of imide groups is 1. The monoisotopic (exact) mass is 413 g/mol. The van der Waals surface area contributed by atoms with E-state index in [0.29, 0.717) is 17.7 Å². The number of fused-ring (bicyclic) bond motifs is 1. The Morgan fingerprint density at radius 3 is 2.50 bits per heavy atom. The predicted octanol–water partition coefficient (Wildman–Crippen LogP) is 2.13. The first-order valence-electron chi connectivity index (χ1n) is 11.1. The highest BCUT2D eigenvalue weighted by Gasteiger charge is 2.39. The number of hydrogen-bond acceptors (Lipinski definition) is 5. The number of benzene rings is 1. The fourth-order valence-electron chi connectivity index (χ4n) is 5.02. The Balaban J connectivity index is 1.33. The number of morpholine rings is 1. The quantitative estimate of drug-likeness (QED) is 0.723. The number of aryl methyl sites for hydroxylation is 1. The van der Waals surface area contributed by atoms with E-state index in [-0.39, 0.29) is 36.2 Å². The first-order chi connectivity index (χ1) is 14.5. The normalized spacial score (nSPS) is 21.6. The van der Waals surface area contributed by atoms with E-state index in [4.69, 9.17) is 4.74 Å². The summed E-state index contributed by atoms with van der Waals surface area (Å²) < 4.78 is 5.51. The zero-order valence-electron chi connectivity index (χ0n) is 17.7. The zero-order valence-corrected chi connectivity index (χ0v) is 17.7. The third kappa shape index (κ3) is 4.14. The molecule has 2 fully saturated rings. The van der Waals surface area contributed by atoms with Gasteiger partial charge in [0.25, 0.3) is 11.8 Å². The maximum absolute atomic E-state index is 12.6. The molecule has 1 saturated heterocycles. The van der Waals surface area contributed by atoms with Gasteiger partial charge in [0, 0.05) is 38.1 Å². The van der Waals surface area contributed by atoms with Crippen LogP contribution in [0.3, 0.4) is 0 Å². The van der Waals surface area contributed by atoms with Crippen LogP contribution in [0.2, 0.25) is 0 Å². The second kappa shape index (κ2) is 8.86. The van der Waals surface area contributed by atoms with Crippen molar-refractivity contribution in [2.24, 2.45) is 0 Å². The van der Waals surface area contributed by atoms with E-state index < -0.39 is 0 Å². The van der Waals surface area contributed by atoms with Gasteiger partial charge >= 0.3 is 0 Å².